The molecule has 121 valence electrons. The predicted octanol–water partition coefficient (Wildman–Crippen LogP) is 4.10. The van der Waals surface area contributed by atoms with Crippen molar-refractivity contribution in [1.82, 2.24) is 9.80 Å². The van der Waals surface area contributed by atoms with Gasteiger partial charge in [0.2, 0.25) is 0 Å². The Labute approximate surface area is 140 Å². The van der Waals surface area contributed by atoms with Gasteiger partial charge in [-0.1, -0.05) is 48.5 Å². The van der Waals surface area contributed by atoms with Gasteiger partial charge in [0.15, 0.2) is 0 Å². The summed E-state index contributed by atoms with van der Waals surface area (Å²) in [6, 6.07) is 17.6. The number of hydrogen-bond acceptors (Lipinski definition) is 2. The Kier molecular flexibility index (Phi) is 5.47. The van der Waals surface area contributed by atoms with Gasteiger partial charge in [-0.15, -0.1) is 0 Å². The molecule has 0 atom stereocenters. The first-order valence-corrected chi connectivity index (χ1v) is 8.59. The summed E-state index contributed by atoms with van der Waals surface area (Å²) in [5, 5.41) is 0. The number of benzene rings is 2. The van der Waals surface area contributed by atoms with Gasteiger partial charge in [-0.2, -0.15) is 0 Å². The van der Waals surface area contributed by atoms with Crippen LogP contribution in [0.4, 0.5) is 0 Å². The van der Waals surface area contributed by atoms with Crippen molar-refractivity contribution in [2.24, 2.45) is 0 Å². The molecule has 0 amide bonds. The Morgan fingerprint density at radius 2 is 1.30 bits per heavy atom. The molecule has 1 heterocycles. The molecular weight excluding hydrogens is 280 g/mol. The molecular formula is C21H27N2. The SMILES string of the molecule is [CH2]c1ccc(CN(C)Cc2ccc(CN3CCCC3)cc2)cc1. The van der Waals surface area contributed by atoms with Crippen LogP contribution >= 0.6 is 0 Å². The summed E-state index contributed by atoms with van der Waals surface area (Å²) in [5.41, 5.74) is 5.23. The fourth-order valence-corrected chi connectivity index (χ4v) is 3.27. The zero-order valence-electron chi connectivity index (χ0n) is 14.2. The second-order valence-corrected chi connectivity index (χ2v) is 6.79. The molecule has 0 saturated carbocycles. The predicted molar refractivity (Wildman–Crippen MR) is 97.0 cm³/mol. The lowest BCUT2D eigenvalue weighted by molar-refractivity contribution is 0.318. The first kappa shape index (κ1) is 16.2. The number of rotatable bonds is 6. The molecule has 2 aromatic carbocycles. The van der Waals surface area contributed by atoms with Crippen molar-refractivity contribution in [3.63, 3.8) is 0 Å². The zero-order chi connectivity index (χ0) is 16.1. The maximum atomic E-state index is 3.94. The molecule has 0 unspecified atom stereocenters. The molecule has 23 heavy (non-hydrogen) atoms. The summed E-state index contributed by atoms with van der Waals surface area (Å²) in [4.78, 5) is 4.90. The van der Waals surface area contributed by atoms with Crippen LogP contribution in [-0.4, -0.2) is 29.9 Å². The average molecular weight is 307 g/mol. The minimum absolute atomic E-state index is 0.968. The Morgan fingerprint density at radius 3 is 1.87 bits per heavy atom. The molecule has 0 aromatic heterocycles. The molecule has 2 nitrogen and oxygen atoms in total. The third kappa shape index (κ3) is 4.92. The largest absolute Gasteiger partial charge is 0.299 e. The fourth-order valence-electron chi connectivity index (χ4n) is 3.27. The molecule has 1 saturated heterocycles. The van der Waals surface area contributed by atoms with Gasteiger partial charge >= 0.3 is 0 Å². The Bertz CT molecular complexity index is 595. The van der Waals surface area contributed by atoms with Crippen molar-refractivity contribution in [2.75, 3.05) is 20.1 Å². The Hall–Kier alpha value is -1.64. The quantitative estimate of drug-likeness (QED) is 0.793. The lowest BCUT2D eigenvalue weighted by Gasteiger charge is -2.18. The molecule has 1 aliphatic rings. The van der Waals surface area contributed by atoms with Gasteiger partial charge in [-0.05, 0) is 62.2 Å². The molecule has 1 radical (unpaired) electrons. The van der Waals surface area contributed by atoms with Gasteiger partial charge in [-0.25, -0.2) is 0 Å². The molecule has 1 fully saturated rings. The van der Waals surface area contributed by atoms with E-state index in [1.165, 1.54) is 42.6 Å². The van der Waals surface area contributed by atoms with Crippen molar-refractivity contribution < 1.29 is 0 Å². The van der Waals surface area contributed by atoms with E-state index in [4.69, 9.17) is 0 Å². The summed E-state index contributed by atoms with van der Waals surface area (Å²) in [5.74, 6) is 0. The minimum atomic E-state index is 0.968. The van der Waals surface area contributed by atoms with Crippen LogP contribution in [0.2, 0.25) is 0 Å². The highest BCUT2D eigenvalue weighted by molar-refractivity contribution is 5.25. The normalized spacial score (nSPS) is 15.4. The number of hydrogen-bond donors (Lipinski definition) is 0. The van der Waals surface area contributed by atoms with E-state index in [1.54, 1.807) is 0 Å². The Balaban J connectivity index is 1.51. The van der Waals surface area contributed by atoms with Crippen molar-refractivity contribution in [1.29, 1.82) is 0 Å². The highest BCUT2D eigenvalue weighted by Crippen LogP contribution is 2.14. The van der Waals surface area contributed by atoms with E-state index in [9.17, 15) is 0 Å². The van der Waals surface area contributed by atoms with Crippen LogP contribution in [0, 0.1) is 6.92 Å². The van der Waals surface area contributed by atoms with E-state index < -0.39 is 0 Å². The summed E-state index contributed by atoms with van der Waals surface area (Å²) in [6.45, 7) is 9.51. The van der Waals surface area contributed by atoms with E-state index >= 15 is 0 Å². The molecule has 3 rings (SSSR count). The fraction of sp³-hybridized carbons (Fsp3) is 0.381. The molecule has 2 aromatic rings. The van der Waals surface area contributed by atoms with Crippen LogP contribution in [0.5, 0.6) is 0 Å². The summed E-state index contributed by atoms with van der Waals surface area (Å²) < 4.78 is 0. The van der Waals surface area contributed by atoms with E-state index in [0.717, 1.165) is 25.2 Å². The third-order valence-corrected chi connectivity index (χ3v) is 4.56. The maximum Gasteiger partial charge on any atom is 0.0234 e. The van der Waals surface area contributed by atoms with Crippen molar-refractivity contribution >= 4 is 0 Å². The molecule has 0 aliphatic carbocycles. The minimum Gasteiger partial charge on any atom is -0.299 e. The van der Waals surface area contributed by atoms with E-state index in [2.05, 4.69) is 72.3 Å². The van der Waals surface area contributed by atoms with Crippen molar-refractivity contribution in [3.8, 4) is 0 Å². The van der Waals surface area contributed by atoms with Gasteiger partial charge in [0, 0.05) is 19.6 Å². The summed E-state index contributed by atoms with van der Waals surface area (Å²) in [6.07, 6.45) is 2.72. The second-order valence-electron chi connectivity index (χ2n) is 6.79. The number of likely N-dealkylation sites (tertiary alicyclic amines) is 1. The van der Waals surface area contributed by atoms with Gasteiger partial charge in [0.05, 0.1) is 0 Å². The third-order valence-electron chi connectivity index (χ3n) is 4.56. The first-order valence-electron chi connectivity index (χ1n) is 8.59. The lowest BCUT2D eigenvalue weighted by Crippen LogP contribution is -2.19. The molecule has 0 bridgehead atoms. The average Bonchev–Trinajstić information content (AvgIpc) is 3.04. The van der Waals surface area contributed by atoms with E-state index in [0.29, 0.717) is 0 Å². The topological polar surface area (TPSA) is 6.48 Å². The number of nitrogens with zero attached hydrogens (tertiary/aromatic N) is 2. The van der Waals surface area contributed by atoms with Crippen LogP contribution in [0.15, 0.2) is 48.5 Å². The monoisotopic (exact) mass is 307 g/mol. The van der Waals surface area contributed by atoms with Crippen LogP contribution < -0.4 is 0 Å². The summed E-state index contributed by atoms with van der Waals surface area (Å²) >= 11 is 0. The van der Waals surface area contributed by atoms with E-state index in [1.807, 2.05) is 0 Å². The van der Waals surface area contributed by atoms with E-state index in [-0.39, 0.29) is 0 Å². The van der Waals surface area contributed by atoms with Gasteiger partial charge in [-0.3, -0.25) is 9.80 Å². The van der Waals surface area contributed by atoms with Gasteiger partial charge < -0.3 is 0 Å². The smallest absolute Gasteiger partial charge is 0.0234 e. The van der Waals surface area contributed by atoms with Crippen LogP contribution in [0.25, 0.3) is 0 Å². The van der Waals surface area contributed by atoms with Crippen LogP contribution in [-0.2, 0) is 19.6 Å². The molecule has 2 heteroatoms. The van der Waals surface area contributed by atoms with Crippen LogP contribution in [0.3, 0.4) is 0 Å². The van der Waals surface area contributed by atoms with Crippen molar-refractivity contribution in [2.45, 2.75) is 32.5 Å². The van der Waals surface area contributed by atoms with Crippen molar-refractivity contribution in [3.05, 3.63) is 77.7 Å². The van der Waals surface area contributed by atoms with Crippen LogP contribution in [0.1, 0.15) is 35.1 Å². The second kappa shape index (κ2) is 7.76. The zero-order valence-corrected chi connectivity index (χ0v) is 14.2. The lowest BCUT2D eigenvalue weighted by atomic mass is 10.1. The van der Waals surface area contributed by atoms with Gasteiger partial charge in [0.25, 0.3) is 0 Å². The first-order chi connectivity index (χ1) is 11.2. The highest BCUT2D eigenvalue weighted by Gasteiger charge is 2.11. The standard InChI is InChI=1S/C21H27N2/c1-18-5-7-19(8-6-18)15-22(2)16-20-9-11-21(12-10-20)17-23-13-3-4-14-23/h5-12H,1,3-4,13-17H2,2H3. The Morgan fingerprint density at radius 1 is 0.826 bits per heavy atom. The molecule has 1 aliphatic heterocycles. The molecule has 0 N–H and O–H groups in total. The van der Waals surface area contributed by atoms with Gasteiger partial charge in [0.1, 0.15) is 0 Å². The highest BCUT2D eigenvalue weighted by atomic mass is 15.1. The maximum absolute atomic E-state index is 3.94. The summed E-state index contributed by atoms with van der Waals surface area (Å²) in [7, 11) is 2.18. The molecule has 0 spiro atoms.